The molecule has 0 radical (unpaired) electrons. The van der Waals surface area contributed by atoms with Crippen LogP contribution in [0.2, 0.25) is 0 Å². The Balaban J connectivity index is 1.80. The van der Waals surface area contributed by atoms with E-state index in [1.54, 1.807) is 0 Å². The average molecular weight is 137 g/mol. The van der Waals surface area contributed by atoms with Gasteiger partial charge >= 0.3 is 0 Å². The van der Waals surface area contributed by atoms with Crippen molar-refractivity contribution in [3.8, 4) is 0 Å². The molecule has 3 rings (SSSR count). The van der Waals surface area contributed by atoms with Crippen molar-refractivity contribution in [3.63, 3.8) is 0 Å². The quantitative estimate of drug-likeness (QED) is 0.428. The highest BCUT2D eigenvalue weighted by Crippen LogP contribution is 2.51. The molecule has 2 unspecified atom stereocenters. The number of guanidine groups is 1. The van der Waals surface area contributed by atoms with Crippen molar-refractivity contribution < 1.29 is 0 Å². The number of rotatable bonds is 0. The SMILES string of the molecule is CN1CCN=C1N1C2CC21. The summed E-state index contributed by atoms with van der Waals surface area (Å²) in [6.07, 6.45) is 1.42. The molecule has 2 aliphatic heterocycles. The lowest BCUT2D eigenvalue weighted by atomic mass is 10.6. The molecule has 0 aromatic rings. The van der Waals surface area contributed by atoms with Crippen LogP contribution < -0.4 is 0 Å². The second kappa shape index (κ2) is 1.31. The zero-order valence-corrected chi connectivity index (χ0v) is 6.12. The van der Waals surface area contributed by atoms with Crippen LogP contribution in [0.15, 0.2) is 4.99 Å². The molecule has 2 heterocycles. The summed E-state index contributed by atoms with van der Waals surface area (Å²) in [5.41, 5.74) is 0. The summed E-state index contributed by atoms with van der Waals surface area (Å²) in [4.78, 5) is 9.11. The summed E-state index contributed by atoms with van der Waals surface area (Å²) in [5.74, 6) is 1.25. The predicted octanol–water partition coefficient (Wildman–Crippen LogP) is -0.256. The van der Waals surface area contributed by atoms with Gasteiger partial charge in [-0.15, -0.1) is 0 Å². The van der Waals surface area contributed by atoms with Gasteiger partial charge in [0.05, 0.1) is 18.6 Å². The average Bonchev–Trinajstić information content (AvgIpc) is 2.71. The maximum Gasteiger partial charge on any atom is 0.197 e. The van der Waals surface area contributed by atoms with Gasteiger partial charge in [-0.1, -0.05) is 0 Å². The minimum Gasteiger partial charge on any atom is -0.344 e. The number of likely N-dealkylation sites (N-methyl/N-ethyl adjacent to an activating group) is 1. The Bertz CT molecular complexity index is 203. The van der Waals surface area contributed by atoms with Gasteiger partial charge in [-0.25, -0.2) is 0 Å². The smallest absolute Gasteiger partial charge is 0.197 e. The number of nitrogens with zero attached hydrogens (tertiary/aromatic N) is 3. The Morgan fingerprint density at radius 3 is 2.70 bits per heavy atom. The molecule has 2 atom stereocenters. The Morgan fingerprint density at radius 2 is 2.30 bits per heavy atom. The molecule has 1 aliphatic carbocycles. The highest BCUT2D eigenvalue weighted by Gasteiger charge is 2.65. The molecule has 2 fully saturated rings. The molecule has 1 saturated carbocycles. The summed E-state index contributed by atoms with van der Waals surface area (Å²) in [6.45, 7) is 2.12. The fraction of sp³-hybridized carbons (Fsp3) is 0.857. The van der Waals surface area contributed by atoms with Crippen LogP contribution in [-0.2, 0) is 0 Å². The van der Waals surface area contributed by atoms with Crippen molar-refractivity contribution in [2.45, 2.75) is 18.5 Å². The summed E-state index contributed by atoms with van der Waals surface area (Å²) in [6, 6.07) is 1.80. The molecule has 0 aromatic carbocycles. The fourth-order valence-corrected chi connectivity index (χ4v) is 1.69. The van der Waals surface area contributed by atoms with Gasteiger partial charge < -0.3 is 9.80 Å². The van der Waals surface area contributed by atoms with Crippen molar-refractivity contribution in [2.75, 3.05) is 20.1 Å². The molecule has 0 amide bonds. The first-order valence-corrected chi connectivity index (χ1v) is 3.92. The molecular formula is C7H11N3. The summed E-state index contributed by atoms with van der Waals surface area (Å²) < 4.78 is 0. The van der Waals surface area contributed by atoms with E-state index in [1.807, 2.05) is 0 Å². The van der Waals surface area contributed by atoms with E-state index < -0.39 is 0 Å². The van der Waals surface area contributed by atoms with Crippen LogP contribution in [0.25, 0.3) is 0 Å². The Hall–Kier alpha value is -0.730. The number of hydrogen-bond donors (Lipinski definition) is 0. The third-order valence-corrected chi connectivity index (χ3v) is 2.61. The fourth-order valence-electron chi connectivity index (χ4n) is 1.69. The minimum absolute atomic E-state index is 0.902. The monoisotopic (exact) mass is 137 g/mol. The van der Waals surface area contributed by atoms with Crippen LogP contribution in [0.5, 0.6) is 0 Å². The van der Waals surface area contributed by atoms with Crippen LogP contribution in [-0.4, -0.2) is 48.0 Å². The van der Waals surface area contributed by atoms with E-state index in [-0.39, 0.29) is 0 Å². The second-order valence-electron chi connectivity index (χ2n) is 3.38. The van der Waals surface area contributed by atoms with Crippen LogP contribution >= 0.6 is 0 Å². The largest absolute Gasteiger partial charge is 0.344 e. The minimum atomic E-state index is 0.902. The molecule has 3 nitrogen and oxygen atoms in total. The number of aliphatic imine (C=N–C) groups is 1. The first kappa shape index (κ1) is 4.99. The molecule has 0 N–H and O–H groups in total. The van der Waals surface area contributed by atoms with E-state index in [1.165, 1.54) is 12.4 Å². The van der Waals surface area contributed by atoms with Crippen molar-refractivity contribution in [2.24, 2.45) is 4.99 Å². The van der Waals surface area contributed by atoms with Crippen LogP contribution in [0, 0.1) is 0 Å². The van der Waals surface area contributed by atoms with Crippen LogP contribution in [0.4, 0.5) is 0 Å². The van der Waals surface area contributed by atoms with E-state index in [0.29, 0.717) is 0 Å². The van der Waals surface area contributed by atoms with E-state index in [0.717, 1.165) is 25.2 Å². The lowest BCUT2D eigenvalue weighted by Crippen LogP contribution is -2.32. The molecule has 54 valence electrons. The summed E-state index contributed by atoms with van der Waals surface area (Å²) in [5, 5.41) is 0. The normalized spacial score (nSPS) is 41.5. The van der Waals surface area contributed by atoms with Crippen LogP contribution in [0.3, 0.4) is 0 Å². The van der Waals surface area contributed by atoms with Crippen molar-refractivity contribution in [1.29, 1.82) is 0 Å². The highest BCUT2D eigenvalue weighted by atomic mass is 15.5. The molecule has 3 heteroatoms. The van der Waals surface area contributed by atoms with Gasteiger partial charge in [0, 0.05) is 13.6 Å². The maximum atomic E-state index is 4.43. The van der Waals surface area contributed by atoms with Crippen molar-refractivity contribution >= 4 is 5.96 Å². The molecule has 0 bridgehead atoms. The van der Waals surface area contributed by atoms with Gasteiger partial charge in [0.25, 0.3) is 0 Å². The Morgan fingerprint density at radius 1 is 1.50 bits per heavy atom. The van der Waals surface area contributed by atoms with E-state index in [4.69, 9.17) is 0 Å². The van der Waals surface area contributed by atoms with Gasteiger partial charge in [0.2, 0.25) is 0 Å². The molecule has 1 saturated heterocycles. The van der Waals surface area contributed by atoms with Crippen LogP contribution in [0.1, 0.15) is 6.42 Å². The van der Waals surface area contributed by atoms with Gasteiger partial charge in [-0.3, -0.25) is 4.99 Å². The first-order chi connectivity index (χ1) is 4.88. The van der Waals surface area contributed by atoms with Gasteiger partial charge in [0.15, 0.2) is 5.96 Å². The van der Waals surface area contributed by atoms with Crippen molar-refractivity contribution in [3.05, 3.63) is 0 Å². The maximum absolute atomic E-state index is 4.43. The Labute approximate surface area is 60.3 Å². The molecule has 10 heavy (non-hydrogen) atoms. The lowest BCUT2D eigenvalue weighted by Gasteiger charge is -2.18. The second-order valence-corrected chi connectivity index (χ2v) is 3.38. The van der Waals surface area contributed by atoms with E-state index >= 15 is 0 Å². The van der Waals surface area contributed by atoms with Gasteiger partial charge in [0.1, 0.15) is 0 Å². The molecular weight excluding hydrogens is 126 g/mol. The van der Waals surface area contributed by atoms with Gasteiger partial charge in [-0.05, 0) is 6.42 Å². The third kappa shape index (κ3) is 0.448. The van der Waals surface area contributed by atoms with E-state index in [2.05, 4.69) is 21.8 Å². The van der Waals surface area contributed by atoms with E-state index in [9.17, 15) is 0 Å². The molecule has 3 aliphatic rings. The molecule has 0 aromatic heterocycles. The number of likely N-dealkylation sites (tertiary alicyclic amines) is 1. The molecule has 0 spiro atoms. The Kier molecular flexibility index (Phi) is 0.654. The number of fused-ring (bicyclic) bond motifs is 1. The summed E-state index contributed by atoms with van der Waals surface area (Å²) >= 11 is 0. The number of hydrogen-bond acceptors (Lipinski definition) is 3. The van der Waals surface area contributed by atoms with Gasteiger partial charge in [-0.2, -0.15) is 0 Å². The standard InChI is InChI=1S/C7H11N3/c1-9-3-2-8-7(9)10-5-4-6(5)10/h5-6H,2-4H2,1H3. The zero-order chi connectivity index (χ0) is 6.72. The highest BCUT2D eigenvalue weighted by molar-refractivity contribution is 5.86. The zero-order valence-electron chi connectivity index (χ0n) is 6.12. The summed E-state index contributed by atoms with van der Waals surface area (Å²) in [7, 11) is 2.13. The third-order valence-electron chi connectivity index (χ3n) is 2.61. The predicted molar refractivity (Wildman–Crippen MR) is 39.0 cm³/mol. The topological polar surface area (TPSA) is 18.6 Å². The van der Waals surface area contributed by atoms with Crippen molar-refractivity contribution in [1.82, 2.24) is 9.80 Å². The first-order valence-electron chi connectivity index (χ1n) is 3.92. The lowest BCUT2D eigenvalue weighted by molar-refractivity contribution is 0.466.